The molecule has 168 valence electrons. The van der Waals surface area contributed by atoms with E-state index in [2.05, 4.69) is 133 Å². The van der Waals surface area contributed by atoms with Gasteiger partial charge in [0, 0.05) is 11.5 Å². The molecule has 35 heavy (non-hydrogen) atoms. The van der Waals surface area contributed by atoms with Crippen molar-refractivity contribution in [3.63, 3.8) is 0 Å². The van der Waals surface area contributed by atoms with Gasteiger partial charge in [-0.1, -0.05) is 133 Å². The highest BCUT2D eigenvalue weighted by Gasteiger charge is 2.11. The van der Waals surface area contributed by atoms with Crippen molar-refractivity contribution in [3.05, 3.63) is 145 Å². The quantitative estimate of drug-likeness (QED) is 0.235. The van der Waals surface area contributed by atoms with E-state index in [9.17, 15) is 0 Å². The third-order valence-corrected chi connectivity index (χ3v) is 7.74. The predicted molar refractivity (Wildman–Crippen MR) is 154 cm³/mol. The van der Waals surface area contributed by atoms with Gasteiger partial charge in [0.2, 0.25) is 0 Å². The Bertz CT molecular complexity index is 1500. The van der Waals surface area contributed by atoms with Gasteiger partial charge in [-0.05, 0) is 54.9 Å². The molecule has 0 heterocycles. The van der Waals surface area contributed by atoms with Gasteiger partial charge in [-0.25, -0.2) is 0 Å². The van der Waals surface area contributed by atoms with Gasteiger partial charge in [-0.3, -0.25) is 0 Å². The number of benzene rings is 6. The molecule has 0 aromatic heterocycles. The molecule has 0 saturated heterocycles. The lowest BCUT2D eigenvalue weighted by atomic mass is 9.95. The topological polar surface area (TPSA) is 0 Å². The third-order valence-electron chi connectivity index (χ3n) is 6.71. The summed E-state index contributed by atoms with van der Waals surface area (Å²) in [6.45, 7) is 0. The van der Waals surface area contributed by atoms with Crippen molar-refractivity contribution >= 4 is 33.3 Å². The van der Waals surface area contributed by atoms with E-state index in [-0.39, 0.29) is 0 Å². The minimum absolute atomic E-state index is 0.975. The molecule has 0 radical (unpaired) electrons. The van der Waals surface area contributed by atoms with Crippen molar-refractivity contribution in [2.45, 2.75) is 11.5 Å². The average molecular weight is 467 g/mol. The lowest BCUT2D eigenvalue weighted by molar-refractivity contribution is 1.36. The Morgan fingerprint density at radius 1 is 0.343 bits per heavy atom. The monoisotopic (exact) mass is 466 g/mol. The molecule has 0 spiro atoms. The summed E-state index contributed by atoms with van der Waals surface area (Å²) in [6, 6.07) is 48.3. The highest BCUT2D eigenvalue weighted by atomic mass is 32.2. The lowest BCUT2D eigenvalue weighted by Crippen LogP contribution is -1.92. The number of thioether (sulfide) groups is 1. The Kier molecular flexibility index (Phi) is 6.09. The predicted octanol–water partition coefficient (Wildman–Crippen LogP) is 9.76. The third kappa shape index (κ3) is 4.36. The first-order valence-electron chi connectivity index (χ1n) is 12.1. The van der Waals surface area contributed by atoms with Crippen molar-refractivity contribution in [2.75, 3.05) is 0 Å². The highest BCUT2D eigenvalue weighted by Crippen LogP contribution is 2.35. The summed E-state index contributed by atoms with van der Waals surface area (Å²) in [6.07, 6.45) is 0. The maximum absolute atomic E-state index is 2.28. The Labute approximate surface area is 211 Å². The number of hydrogen-bond donors (Lipinski definition) is 0. The number of rotatable bonds is 6. The van der Waals surface area contributed by atoms with Crippen molar-refractivity contribution in [1.82, 2.24) is 0 Å². The van der Waals surface area contributed by atoms with E-state index in [4.69, 9.17) is 0 Å². The molecule has 0 aliphatic heterocycles. The molecule has 0 N–H and O–H groups in total. The van der Waals surface area contributed by atoms with E-state index < -0.39 is 0 Å². The van der Waals surface area contributed by atoms with E-state index in [1.165, 1.54) is 54.9 Å². The van der Waals surface area contributed by atoms with Crippen LogP contribution in [0.25, 0.3) is 43.8 Å². The second-order valence-electron chi connectivity index (χ2n) is 8.86. The second kappa shape index (κ2) is 9.82. The molecule has 0 atom stereocenters. The zero-order valence-corrected chi connectivity index (χ0v) is 20.3. The van der Waals surface area contributed by atoms with Crippen LogP contribution >= 0.6 is 11.8 Å². The zero-order chi connectivity index (χ0) is 23.5. The van der Waals surface area contributed by atoms with Crippen molar-refractivity contribution < 1.29 is 0 Å². The second-order valence-corrected chi connectivity index (χ2v) is 9.85. The largest absolute Gasteiger partial charge is 0.152 e. The zero-order valence-electron chi connectivity index (χ0n) is 19.5. The van der Waals surface area contributed by atoms with Crippen LogP contribution in [-0.2, 0) is 11.5 Å². The van der Waals surface area contributed by atoms with Gasteiger partial charge in [0.05, 0.1) is 0 Å². The van der Waals surface area contributed by atoms with Crippen LogP contribution in [0.5, 0.6) is 0 Å². The summed E-state index contributed by atoms with van der Waals surface area (Å²) < 4.78 is 0. The first kappa shape index (κ1) is 21.7. The van der Waals surface area contributed by atoms with Crippen LogP contribution in [0.4, 0.5) is 0 Å². The first-order valence-corrected chi connectivity index (χ1v) is 13.2. The van der Waals surface area contributed by atoms with Gasteiger partial charge in [-0.15, -0.1) is 0 Å². The van der Waals surface area contributed by atoms with Crippen molar-refractivity contribution in [1.29, 1.82) is 0 Å². The molecule has 0 amide bonds. The maximum Gasteiger partial charge on any atom is 0.0194 e. The summed E-state index contributed by atoms with van der Waals surface area (Å²) in [7, 11) is 0. The Balaban J connectivity index is 1.29. The van der Waals surface area contributed by atoms with Crippen LogP contribution in [0, 0.1) is 0 Å². The molecule has 0 fully saturated rings. The van der Waals surface area contributed by atoms with Crippen LogP contribution in [0.1, 0.15) is 11.1 Å². The Hall–Kier alpha value is -3.81. The van der Waals surface area contributed by atoms with E-state index in [0.717, 1.165) is 11.5 Å². The van der Waals surface area contributed by atoms with Crippen LogP contribution < -0.4 is 0 Å². The molecule has 6 rings (SSSR count). The summed E-state index contributed by atoms with van der Waals surface area (Å²) in [4.78, 5) is 0. The minimum atomic E-state index is 0.975. The van der Waals surface area contributed by atoms with Gasteiger partial charge < -0.3 is 0 Å². The van der Waals surface area contributed by atoms with E-state index >= 15 is 0 Å². The van der Waals surface area contributed by atoms with Gasteiger partial charge in [0.1, 0.15) is 0 Å². The molecular weight excluding hydrogens is 440 g/mol. The van der Waals surface area contributed by atoms with Crippen LogP contribution in [0.2, 0.25) is 0 Å². The van der Waals surface area contributed by atoms with Crippen LogP contribution in [-0.4, -0.2) is 0 Å². The molecule has 0 nitrogen and oxygen atoms in total. The fourth-order valence-electron chi connectivity index (χ4n) is 5.01. The summed E-state index contributed by atoms with van der Waals surface area (Å²) in [5.74, 6) is 1.95. The molecule has 0 bridgehead atoms. The van der Waals surface area contributed by atoms with Gasteiger partial charge in [-0.2, -0.15) is 11.8 Å². The van der Waals surface area contributed by atoms with Gasteiger partial charge >= 0.3 is 0 Å². The van der Waals surface area contributed by atoms with Crippen molar-refractivity contribution in [2.24, 2.45) is 0 Å². The number of hydrogen-bond acceptors (Lipinski definition) is 1. The first-order chi connectivity index (χ1) is 17.4. The van der Waals surface area contributed by atoms with E-state index in [0.29, 0.717) is 0 Å². The average Bonchev–Trinajstić information content (AvgIpc) is 2.93. The van der Waals surface area contributed by atoms with Gasteiger partial charge in [0.15, 0.2) is 0 Å². The standard InChI is InChI=1S/C34H26S/c1-5-17-29-25(11-1)15-9-21-33(29)31-19-7-3-13-27(31)23-35-24-28-14-4-8-20-32(28)34-22-10-16-26-12-2-6-18-30(26)34/h1-22H,23-24H2. The SMILES string of the molecule is c1ccc(-c2cccc3ccccc23)c(CSCc2ccccc2-c2cccc3ccccc23)c1. The van der Waals surface area contributed by atoms with Crippen molar-refractivity contribution in [3.8, 4) is 22.3 Å². The molecule has 0 saturated carbocycles. The Morgan fingerprint density at radius 2 is 0.714 bits per heavy atom. The number of fused-ring (bicyclic) bond motifs is 2. The molecule has 1 heteroatoms. The van der Waals surface area contributed by atoms with E-state index in [1.807, 2.05) is 11.8 Å². The molecule has 0 aliphatic rings. The van der Waals surface area contributed by atoms with Crippen LogP contribution in [0.15, 0.2) is 133 Å². The summed E-state index contributed by atoms with van der Waals surface area (Å²) >= 11 is 1.99. The summed E-state index contributed by atoms with van der Waals surface area (Å²) in [5, 5.41) is 5.20. The van der Waals surface area contributed by atoms with E-state index in [1.54, 1.807) is 0 Å². The summed E-state index contributed by atoms with van der Waals surface area (Å²) in [5.41, 5.74) is 8.07. The molecule has 0 unspecified atom stereocenters. The molecule has 6 aromatic rings. The maximum atomic E-state index is 2.28. The normalized spacial score (nSPS) is 11.2. The molecule has 0 aliphatic carbocycles. The molecular formula is C34H26S. The van der Waals surface area contributed by atoms with Crippen LogP contribution in [0.3, 0.4) is 0 Å². The fraction of sp³-hybridized carbons (Fsp3) is 0.0588. The lowest BCUT2D eigenvalue weighted by Gasteiger charge is -2.14. The molecule has 6 aromatic carbocycles. The van der Waals surface area contributed by atoms with Gasteiger partial charge in [0.25, 0.3) is 0 Å². The Morgan fingerprint density at radius 3 is 1.23 bits per heavy atom. The fourth-order valence-corrected chi connectivity index (χ4v) is 6.05. The smallest absolute Gasteiger partial charge is 0.0194 e. The minimum Gasteiger partial charge on any atom is -0.152 e. The highest BCUT2D eigenvalue weighted by molar-refractivity contribution is 7.97.